The third-order valence-electron chi connectivity index (χ3n) is 4.86. The Morgan fingerprint density at radius 1 is 1.16 bits per heavy atom. The van der Waals surface area contributed by atoms with Crippen molar-refractivity contribution in [3.05, 3.63) is 46.9 Å². The van der Waals surface area contributed by atoms with Gasteiger partial charge in [0.2, 0.25) is 5.88 Å². The molecule has 9 heteroatoms. The van der Waals surface area contributed by atoms with Crippen LogP contribution >= 0.6 is 11.6 Å². The second-order valence-electron chi connectivity index (χ2n) is 8.82. The van der Waals surface area contributed by atoms with E-state index >= 15 is 0 Å². The summed E-state index contributed by atoms with van der Waals surface area (Å²) in [6, 6.07) is 8.25. The zero-order valence-corrected chi connectivity index (χ0v) is 19.2. The summed E-state index contributed by atoms with van der Waals surface area (Å²) < 4.78 is 22.1. The number of aromatic nitrogens is 5. The number of benzene rings is 1. The molecule has 0 fully saturated rings. The van der Waals surface area contributed by atoms with Crippen LogP contribution in [0.4, 0.5) is 4.39 Å². The van der Waals surface area contributed by atoms with E-state index in [2.05, 4.69) is 35.8 Å². The Balaban J connectivity index is 0.00000289. The summed E-state index contributed by atoms with van der Waals surface area (Å²) in [7, 11) is 1.83. The van der Waals surface area contributed by atoms with E-state index in [0.29, 0.717) is 44.7 Å². The van der Waals surface area contributed by atoms with Gasteiger partial charge in [-0.3, -0.25) is 4.68 Å². The molecule has 1 N–H and O–H groups in total. The van der Waals surface area contributed by atoms with Gasteiger partial charge in [-0.25, -0.2) is 14.4 Å². The number of fused-ring (bicyclic) bond motifs is 1. The van der Waals surface area contributed by atoms with Gasteiger partial charge in [0.05, 0.1) is 28.0 Å². The van der Waals surface area contributed by atoms with Gasteiger partial charge in [-0.2, -0.15) is 5.10 Å². The van der Waals surface area contributed by atoms with Crippen LogP contribution in [-0.4, -0.2) is 60.4 Å². The molecule has 0 aliphatic rings. The van der Waals surface area contributed by atoms with Gasteiger partial charge in [0, 0.05) is 18.0 Å². The molecule has 4 rings (SSSR count). The molecule has 164 valence electrons. The first kappa shape index (κ1) is 24.7. The number of hydrogen-bond donors (Lipinski definition) is 1. The van der Waals surface area contributed by atoms with E-state index in [4.69, 9.17) is 21.3 Å². The van der Waals surface area contributed by atoms with E-state index in [1.54, 1.807) is 28.9 Å². The summed E-state index contributed by atoms with van der Waals surface area (Å²) in [5.41, 5.74) is 3.31. The predicted molar refractivity (Wildman–Crippen MR) is 128 cm³/mol. The van der Waals surface area contributed by atoms with Gasteiger partial charge in [0.15, 0.2) is 5.82 Å². The molecule has 0 radical (unpaired) electrons. The zero-order chi connectivity index (χ0) is 22.5. The number of pyridine rings is 1. The Kier molecular flexibility index (Phi) is 7.05. The third-order valence-corrected chi connectivity index (χ3v) is 5.22. The summed E-state index contributed by atoms with van der Waals surface area (Å²) in [6.45, 7) is 10.00. The van der Waals surface area contributed by atoms with Gasteiger partial charge in [-0.05, 0) is 32.0 Å². The van der Waals surface area contributed by atoms with Crippen LogP contribution in [0.3, 0.4) is 0 Å². The predicted octanol–water partition coefficient (Wildman–Crippen LogP) is 5.25. The van der Waals surface area contributed by atoms with Crippen molar-refractivity contribution in [3.63, 3.8) is 0 Å². The number of hydrogen-bond acceptors (Lipinski definition) is 4. The number of ether oxygens (including phenoxy) is 1. The fourth-order valence-electron chi connectivity index (χ4n) is 3.44. The Bertz CT molecular complexity index is 1280. The van der Waals surface area contributed by atoms with Crippen LogP contribution < -0.4 is 4.74 Å². The fraction of sp³-hybridized carbons (Fsp3) is 0.348. The third kappa shape index (κ3) is 4.57. The van der Waals surface area contributed by atoms with Crippen LogP contribution in [-0.2, 0) is 12.5 Å². The second-order valence-corrected chi connectivity index (χ2v) is 9.20. The Hall–Kier alpha value is -1.93. The molecule has 0 amide bonds. The van der Waals surface area contributed by atoms with Gasteiger partial charge in [0.25, 0.3) is 0 Å². The molecule has 0 unspecified atom stereocenters. The average molecular weight is 466 g/mol. The molecule has 0 bridgehead atoms. The van der Waals surface area contributed by atoms with Gasteiger partial charge in [0.1, 0.15) is 17.0 Å². The molecule has 6 nitrogen and oxygen atoms in total. The summed E-state index contributed by atoms with van der Waals surface area (Å²) in [4.78, 5) is 12.6. The maximum atomic E-state index is 14.4. The van der Waals surface area contributed by atoms with E-state index in [1.807, 2.05) is 20.9 Å². The normalized spacial score (nSPS) is 11.8. The van der Waals surface area contributed by atoms with Crippen molar-refractivity contribution in [3.8, 4) is 28.7 Å². The van der Waals surface area contributed by atoms with E-state index in [9.17, 15) is 4.39 Å². The first-order valence-corrected chi connectivity index (χ1v) is 10.5. The number of rotatable bonds is 4. The van der Waals surface area contributed by atoms with E-state index < -0.39 is 0 Å². The van der Waals surface area contributed by atoms with E-state index in [0.717, 1.165) is 5.69 Å². The Morgan fingerprint density at radius 2 is 1.84 bits per heavy atom. The zero-order valence-electron chi connectivity index (χ0n) is 18.4. The number of nitrogens with zero attached hydrogens (tertiary/aromatic N) is 4. The topological polar surface area (TPSA) is 68.6 Å². The number of H-pyrrole nitrogens is 1. The molecule has 32 heavy (non-hydrogen) atoms. The Labute approximate surface area is 213 Å². The van der Waals surface area contributed by atoms with Gasteiger partial charge in [-0.1, -0.05) is 44.5 Å². The van der Waals surface area contributed by atoms with Crippen LogP contribution in [0, 0.1) is 5.82 Å². The minimum atomic E-state index is -0.356. The summed E-state index contributed by atoms with van der Waals surface area (Å²) >= 11 is 6.71. The van der Waals surface area contributed by atoms with E-state index in [-0.39, 0.29) is 46.9 Å². The number of nitrogens with one attached hydrogen (secondary N) is 1. The van der Waals surface area contributed by atoms with Crippen LogP contribution in [0.15, 0.2) is 30.3 Å². The molecular formula is C23H26ClFN5NaO. The molecule has 3 heterocycles. The number of imidazole rings is 1. The van der Waals surface area contributed by atoms with Crippen molar-refractivity contribution in [2.24, 2.45) is 7.05 Å². The van der Waals surface area contributed by atoms with Gasteiger partial charge < -0.3 is 9.72 Å². The Morgan fingerprint density at radius 3 is 2.44 bits per heavy atom. The molecule has 1 aromatic carbocycles. The molecule has 0 saturated carbocycles. The van der Waals surface area contributed by atoms with Crippen LogP contribution in [0.1, 0.15) is 40.3 Å². The van der Waals surface area contributed by atoms with Crippen LogP contribution in [0.5, 0.6) is 5.88 Å². The molecule has 0 saturated heterocycles. The molecule has 0 atom stereocenters. The first-order chi connectivity index (χ1) is 14.6. The van der Waals surface area contributed by atoms with Crippen molar-refractivity contribution in [2.45, 2.75) is 46.1 Å². The minimum absolute atomic E-state index is 0. The van der Waals surface area contributed by atoms with Crippen molar-refractivity contribution in [1.82, 2.24) is 24.7 Å². The second kappa shape index (κ2) is 9.14. The van der Waals surface area contributed by atoms with Crippen molar-refractivity contribution >= 4 is 52.2 Å². The molecule has 4 aromatic rings. The molecule has 0 aliphatic heterocycles. The average Bonchev–Trinajstić information content (AvgIpc) is 3.21. The number of aromatic amines is 1. The summed E-state index contributed by atoms with van der Waals surface area (Å²) in [6.07, 6.45) is -0.119. The monoisotopic (exact) mass is 465 g/mol. The maximum absolute atomic E-state index is 14.4. The van der Waals surface area contributed by atoms with E-state index in [1.165, 1.54) is 6.07 Å². The van der Waals surface area contributed by atoms with Gasteiger partial charge >= 0.3 is 29.6 Å². The quantitative estimate of drug-likeness (QED) is 0.418. The molecular weight excluding hydrogens is 440 g/mol. The van der Waals surface area contributed by atoms with Crippen molar-refractivity contribution < 1.29 is 9.13 Å². The number of aryl methyl sites for hydroxylation is 1. The van der Waals surface area contributed by atoms with Crippen molar-refractivity contribution in [1.29, 1.82) is 0 Å². The summed E-state index contributed by atoms with van der Waals surface area (Å²) in [5.74, 6) is 0.551. The van der Waals surface area contributed by atoms with Gasteiger partial charge in [-0.15, -0.1) is 0 Å². The van der Waals surface area contributed by atoms with Crippen LogP contribution in [0.25, 0.3) is 33.8 Å². The fourth-order valence-corrected chi connectivity index (χ4v) is 3.98. The number of halogens is 2. The molecule has 3 aromatic heterocycles. The first-order valence-electron chi connectivity index (χ1n) is 10.1. The standard InChI is InChI=1S/C23H25ClFN5O.Na.H/c1-12(2)31-22-18-16(11-15(27-22)13-9-7-8-10-14(13)25)26-21(28-18)19-17(24)20(23(3,4)5)29-30(19)6;;/h7-12H,1-6H3,(H,26,28);;. The molecule has 0 spiro atoms. The summed E-state index contributed by atoms with van der Waals surface area (Å²) in [5, 5.41) is 5.15. The van der Waals surface area contributed by atoms with Crippen LogP contribution in [0.2, 0.25) is 5.02 Å². The van der Waals surface area contributed by atoms with Crippen molar-refractivity contribution in [2.75, 3.05) is 0 Å². The molecule has 0 aliphatic carbocycles. The SMILES string of the molecule is CC(C)Oc1nc(-c2ccccc2F)cc2nc(-c3c(Cl)c(C(C)(C)C)nn3C)[nH]c12.[NaH].